The van der Waals surface area contributed by atoms with Crippen LogP contribution in [0.25, 0.3) is 0 Å². The number of nitrogens with zero attached hydrogens (tertiary/aromatic N) is 1. The fourth-order valence-corrected chi connectivity index (χ4v) is 7.39. The van der Waals surface area contributed by atoms with Crippen molar-refractivity contribution in [2.75, 3.05) is 13.2 Å². The first kappa shape index (κ1) is 21.9. The van der Waals surface area contributed by atoms with E-state index >= 15 is 0 Å². The largest absolute Gasteiger partial charge is 0.242 e. The predicted octanol–water partition coefficient (Wildman–Crippen LogP) is 5.25. The Morgan fingerprint density at radius 3 is 1.62 bits per heavy atom. The number of rotatable bonds is 7. The number of hydrogen-bond acceptors (Lipinski definition) is 1. The summed E-state index contributed by atoms with van der Waals surface area (Å²) in [6, 6.07) is 32.1. The Morgan fingerprint density at radius 1 is 0.793 bits per heavy atom. The van der Waals surface area contributed by atoms with Gasteiger partial charge in [0.05, 0.1) is 10.8 Å². The Kier molecular flexibility index (Phi) is 7.40. The van der Waals surface area contributed by atoms with Gasteiger partial charge in [0.2, 0.25) is 0 Å². The summed E-state index contributed by atoms with van der Waals surface area (Å²) < 4.78 is 15.0. The van der Waals surface area contributed by atoms with Gasteiger partial charge in [-0.1, -0.05) is 91.0 Å². The third kappa shape index (κ3) is 5.63. The predicted molar refractivity (Wildman–Crippen MR) is 129 cm³/mol. The van der Waals surface area contributed by atoms with Gasteiger partial charge in [-0.05, 0) is 51.0 Å². The highest BCUT2D eigenvalue weighted by molar-refractivity contribution is 7.84. The maximum Gasteiger partial charge on any atom is 0.100 e. The van der Waals surface area contributed by atoms with Crippen LogP contribution in [0.15, 0.2) is 91.0 Å². The molecule has 3 rings (SSSR count). The van der Waals surface area contributed by atoms with E-state index in [9.17, 15) is 4.21 Å². The molecule has 0 aliphatic heterocycles. The molecule has 3 aromatic carbocycles. The van der Waals surface area contributed by atoms with E-state index < -0.39 is 18.9 Å². The molecular formula is C25H30NOPS. The summed E-state index contributed by atoms with van der Waals surface area (Å²) >= 11 is 0. The Bertz CT molecular complexity index is 870. The molecule has 0 saturated carbocycles. The molecule has 3 aromatic rings. The third-order valence-corrected chi connectivity index (χ3v) is 9.28. The zero-order chi connectivity index (χ0) is 20.9. The van der Waals surface area contributed by atoms with Crippen molar-refractivity contribution in [2.45, 2.75) is 31.6 Å². The van der Waals surface area contributed by atoms with Crippen LogP contribution >= 0.6 is 7.92 Å². The lowest BCUT2D eigenvalue weighted by atomic mass is 10.1. The highest BCUT2D eigenvalue weighted by Gasteiger charge is 2.31. The smallest absolute Gasteiger partial charge is 0.100 e. The summed E-state index contributed by atoms with van der Waals surface area (Å²) in [5.41, 5.74) is 1.21. The molecule has 0 saturated heterocycles. The lowest BCUT2D eigenvalue weighted by Crippen LogP contribution is -2.39. The van der Waals surface area contributed by atoms with Crippen molar-refractivity contribution in [2.24, 2.45) is 0 Å². The first-order chi connectivity index (χ1) is 13.9. The minimum atomic E-state index is -1.10. The molecule has 0 amide bonds. The Labute approximate surface area is 179 Å². The maximum absolute atomic E-state index is 13.3. The first-order valence-corrected chi connectivity index (χ1v) is 12.6. The van der Waals surface area contributed by atoms with Crippen molar-refractivity contribution >= 4 is 29.5 Å². The highest BCUT2D eigenvalue weighted by Crippen LogP contribution is 2.41. The van der Waals surface area contributed by atoms with Gasteiger partial charge < -0.3 is 0 Å². The van der Waals surface area contributed by atoms with Crippen molar-refractivity contribution in [3.8, 4) is 0 Å². The Morgan fingerprint density at radius 2 is 1.21 bits per heavy atom. The fraction of sp³-hybridized carbons (Fsp3) is 0.280. The van der Waals surface area contributed by atoms with Gasteiger partial charge in [-0.15, -0.1) is 0 Å². The second-order valence-corrected chi connectivity index (χ2v) is 12.7. The van der Waals surface area contributed by atoms with E-state index in [0.717, 1.165) is 6.16 Å². The fourth-order valence-electron chi connectivity index (χ4n) is 3.40. The van der Waals surface area contributed by atoms with Crippen LogP contribution in [0.4, 0.5) is 0 Å². The van der Waals surface area contributed by atoms with Crippen LogP contribution in [0.5, 0.6) is 0 Å². The van der Waals surface area contributed by atoms with Crippen LogP contribution in [-0.4, -0.2) is 26.5 Å². The van der Waals surface area contributed by atoms with E-state index in [1.165, 1.54) is 16.2 Å². The summed E-state index contributed by atoms with van der Waals surface area (Å²) in [7, 11) is 0.321. The van der Waals surface area contributed by atoms with Gasteiger partial charge in [-0.3, -0.25) is 0 Å². The molecule has 152 valence electrons. The van der Waals surface area contributed by atoms with Gasteiger partial charge in [0.25, 0.3) is 0 Å². The molecule has 0 aliphatic rings. The third-order valence-electron chi connectivity index (χ3n) is 4.90. The quantitative estimate of drug-likeness (QED) is 0.475. The van der Waals surface area contributed by atoms with E-state index in [1.807, 2.05) is 33.9 Å². The summed E-state index contributed by atoms with van der Waals surface area (Å²) in [5.74, 6) is 0. The molecule has 0 aliphatic carbocycles. The van der Waals surface area contributed by atoms with E-state index in [0.29, 0.717) is 0 Å². The lowest BCUT2D eigenvalue weighted by molar-refractivity contribution is 0.422. The second kappa shape index (κ2) is 9.80. The Balaban J connectivity index is 2.03. The average molecular weight is 424 g/mol. The molecule has 0 aromatic heterocycles. The molecule has 0 spiro atoms. The molecule has 2 nitrogen and oxygen atoms in total. The van der Waals surface area contributed by atoms with Gasteiger partial charge >= 0.3 is 0 Å². The topological polar surface area (TPSA) is 20.3 Å². The molecule has 0 heterocycles. The molecule has 0 bridgehead atoms. The zero-order valence-electron chi connectivity index (χ0n) is 17.7. The van der Waals surface area contributed by atoms with Crippen LogP contribution in [-0.2, 0) is 11.0 Å². The lowest BCUT2D eigenvalue weighted by Gasteiger charge is -2.35. The monoisotopic (exact) mass is 423 g/mol. The molecule has 0 fully saturated rings. The van der Waals surface area contributed by atoms with Crippen molar-refractivity contribution in [3.63, 3.8) is 0 Å². The molecule has 29 heavy (non-hydrogen) atoms. The van der Waals surface area contributed by atoms with Gasteiger partial charge in [0, 0.05) is 7.05 Å². The van der Waals surface area contributed by atoms with Crippen molar-refractivity contribution in [1.29, 1.82) is 0 Å². The van der Waals surface area contributed by atoms with Gasteiger partial charge in [-0.2, -0.15) is 0 Å². The average Bonchev–Trinajstić information content (AvgIpc) is 2.75. The van der Waals surface area contributed by atoms with Crippen LogP contribution in [0, 0.1) is 0 Å². The second-order valence-electron chi connectivity index (χ2n) is 8.12. The van der Waals surface area contributed by atoms with E-state index in [2.05, 4.69) is 89.2 Å². The standard InChI is InChI=1S/C25H30NOPS/c1-25(2,3)29(27)26(4)24(21-14-8-5-9-15-21)20-28(22-16-10-6-11-17-22)23-18-12-7-13-19-23/h5-19,24H,20H2,1-4H3/t24-,29?/m1/s1. The zero-order valence-corrected chi connectivity index (χ0v) is 19.4. The van der Waals surface area contributed by atoms with E-state index in [-0.39, 0.29) is 10.8 Å². The summed E-state index contributed by atoms with van der Waals surface area (Å²) in [6.45, 7) is 6.12. The van der Waals surface area contributed by atoms with E-state index in [1.54, 1.807) is 0 Å². The van der Waals surface area contributed by atoms with Gasteiger partial charge in [0.15, 0.2) is 0 Å². The normalized spacial score (nSPS) is 14.1. The maximum atomic E-state index is 13.3. The minimum absolute atomic E-state index is 0.0720. The van der Waals surface area contributed by atoms with Crippen LogP contribution < -0.4 is 10.6 Å². The van der Waals surface area contributed by atoms with Crippen molar-refractivity contribution in [1.82, 2.24) is 4.31 Å². The van der Waals surface area contributed by atoms with Crippen LogP contribution in [0.2, 0.25) is 0 Å². The highest BCUT2D eigenvalue weighted by atomic mass is 32.2. The van der Waals surface area contributed by atoms with E-state index in [4.69, 9.17) is 0 Å². The summed E-state index contributed by atoms with van der Waals surface area (Å²) in [6.07, 6.45) is 0.922. The first-order valence-electron chi connectivity index (χ1n) is 9.95. The molecule has 4 heteroatoms. The summed E-state index contributed by atoms with van der Waals surface area (Å²) in [5, 5.41) is 2.70. The van der Waals surface area contributed by atoms with Crippen molar-refractivity contribution < 1.29 is 4.21 Å². The summed E-state index contributed by atoms with van der Waals surface area (Å²) in [4.78, 5) is 0. The molecule has 2 atom stereocenters. The van der Waals surface area contributed by atoms with Gasteiger partial charge in [-0.25, -0.2) is 8.51 Å². The molecule has 0 radical (unpaired) electrons. The van der Waals surface area contributed by atoms with Crippen LogP contribution in [0.3, 0.4) is 0 Å². The minimum Gasteiger partial charge on any atom is -0.242 e. The molecular weight excluding hydrogens is 393 g/mol. The van der Waals surface area contributed by atoms with Gasteiger partial charge in [0.1, 0.15) is 11.0 Å². The molecule has 0 N–H and O–H groups in total. The Hall–Kier alpha value is -1.80. The molecule has 1 unspecified atom stereocenters. The van der Waals surface area contributed by atoms with Crippen LogP contribution in [0.1, 0.15) is 32.4 Å². The SMILES string of the molecule is CN([C@H](CP(c1ccccc1)c1ccccc1)c1ccccc1)S(=O)C(C)(C)C. The number of hydrogen-bond donors (Lipinski definition) is 0. The van der Waals surface area contributed by atoms with Crippen molar-refractivity contribution in [3.05, 3.63) is 96.6 Å². The number of benzene rings is 3.